The predicted molar refractivity (Wildman–Crippen MR) is 46.7 cm³/mol. The van der Waals surface area contributed by atoms with E-state index in [1.54, 1.807) is 14.2 Å². The Labute approximate surface area is 71.8 Å². The molecule has 0 amide bonds. The number of nitrogens with one attached hydrogen (secondary N) is 1. The van der Waals surface area contributed by atoms with Gasteiger partial charge in [-0.2, -0.15) is 0 Å². The SMILES string of the molecule is COC(OC)C1(C)NCCS1. The summed E-state index contributed by atoms with van der Waals surface area (Å²) in [7, 11) is 3.33. The molecule has 1 atom stereocenters. The van der Waals surface area contributed by atoms with Gasteiger partial charge in [-0.05, 0) is 6.92 Å². The van der Waals surface area contributed by atoms with Gasteiger partial charge in [0.2, 0.25) is 0 Å². The topological polar surface area (TPSA) is 30.5 Å². The molecule has 0 aromatic heterocycles. The van der Waals surface area contributed by atoms with Crippen molar-refractivity contribution in [2.75, 3.05) is 26.5 Å². The number of hydrogen-bond donors (Lipinski definition) is 1. The van der Waals surface area contributed by atoms with Crippen LogP contribution in [0.4, 0.5) is 0 Å². The van der Waals surface area contributed by atoms with E-state index in [0.717, 1.165) is 12.3 Å². The van der Waals surface area contributed by atoms with E-state index in [-0.39, 0.29) is 11.2 Å². The summed E-state index contributed by atoms with van der Waals surface area (Å²) >= 11 is 1.84. The monoisotopic (exact) mass is 177 g/mol. The zero-order chi connectivity index (χ0) is 8.32. The van der Waals surface area contributed by atoms with E-state index in [4.69, 9.17) is 9.47 Å². The van der Waals surface area contributed by atoms with Crippen LogP contribution in [0.5, 0.6) is 0 Å². The summed E-state index contributed by atoms with van der Waals surface area (Å²) in [5.41, 5.74) is 0. The zero-order valence-corrected chi connectivity index (χ0v) is 8.03. The molecule has 1 saturated heterocycles. The fourth-order valence-corrected chi connectivity index (χ4v) is 2.47. The van der Waals surface area contributed by atoms with Gasteiger partial charge in [0.05, 0.1) is 0 Å². The lowest BCUT2D eigenvalue weighted by atomic mass is 10.3. The van der Waals surface area contributed by atoms with E-state index < -0.39 is 0 Å². The molecule has 0 aliphatic carbocycles. The number of hydrogen-bond acceptors (Lipinski definition) is 4. The Morgan fingerprint density at radius 2 is 2.09 bits per heavy atom. The third-order valence-electron chi connectivity index (χ3n) is 1.86. The number of ether oxygens (including phenoxy) is 2. The van der Waals surface area contributed by atoms with Gasteiger partial charge < -0.3 is 9.47 Å². The molecule has 0 spiro atoms. The Kier molecular flexibility index (Phi) is 3.18. The molecular formula is C7H15NO2S. The first-order chi connectivity index (χ1) is 5.23. The van der Waals surface area contributed by atoms with Crippen LogP contribution >= 0.6 is 11.8 Å². The molecule has 1 aliphatic rings. The van der Waals surface area contributed by atoms with E-state index >= 15 is 0 Å². The van der Waals surface area contributed by atoms with Crippen molar-refractivity contribution in [3.05, 3.63) is 0 Å². The van der Waals surface area contributed by atoms with Crippen LogP contribution in [0.25, 0.3) is 0 Å². The quantitative estimate of drug-likeness (QED) is 0.641. The van der Waals surface area contributed by atoms with Gasteiger partial charge in [0.25, 0.3) is 0 Å². The van der Waals surface area contributed by atoms with Gasteiger partial charge in [-0.15, -0.1) is 11.8 Å². The molecule has 0 bridgehead atoms. The molecule has 1 unspecified atom stereocenters. The minimum Gasteiger partial charge on any atom is -0.353 e. The van der Waals surface area contributed by atoms with Gasteiger partial charge in [0.15, 0.2) is 6.29 Å². The van der Waals surface area contributed by atoms with Crippen molar-refractivity contribution in [2.24, 2.45) is 0 Å². The van der Waals surface area contributed by atoms with Crippen molar-refractivity contribution in [1.82, 2.24) is 5.32 Å². The van der Waals surface area contributed by atoms with Gasteiger partial charge in [0, 0.05) is 26.5 Å². The smallest absolute Gasteiger partial charge is 0.184 e. The first-order valence-corrected chi connectivity index (χ1v) is 4.66. The molecule has 0 aromatic rings. The maximum atomic E-state index is 5.18. The highest BCUT2D eigenvalue weighted by molar-refractivity contribution is 8.00. The van der Waals surface area contributed by atoms with Crippen LogP contribution in [-0.2, 0) is 9.47 Å². The largest absolute Gasteiger partial charge is 0.353 e. The van der Waals surface area contributed by atoms with Crippen LogP contribution in [0.3, 0.4) is 0 Å². The standard InChI is InChI=1S/C7H15NO2S/c1-7(6(9-2)10-3)8-4-5-11-7/h6,8H,4-5H2,1-3H3. The van der Waals surface area contributed by atoms with Crippen LogP contribution in [0.2, 0.25) is 0 Å². The van der Waals surface area contributed by atoms with Crippen LogP contribution in [0.1, 0.15) is 6.92 Å². The first kappa shape index (κ1) is 9.32. The Morgan fingerprint density at radius 3 is 2.45 bits per heavy atom. The van der Waals surface area contributed by atoms with Crippen LogP contribution in [0, 0.1) is 0 Å². The molecule has 11 heavy (non-hydrogen) atoms. The molecule has 0 saturated carbocycles. The van der Waals surface area contributed by atoms with E-state index in [1.165, 1.54) is 0 Å². The van der Waals surface area contributed by atoms with Crippen LogP contribution < -0.4 is 5.32 Å². The lowest BCUT2D eigenvalue weighted by Gasteiger charge is -2.30. The highest BCUT2D eigenvalue weighted by Gasteiger charge is 2.38. The summed E-state index contributed by atoms with van der Waals surface area (Å²) in [5, 5.41) is 3.35. The minimum absolute atomic E-state index is 0.0660. The first-order valence-electron chi connectivity index (χ1n) is 3.67. The number of rotatable bonds is 3. The molecule has 1 rings (SSSR count). The maximum absolute atomic E-state index is 5.18. The average Bonchev–Trinajstić information content (AvgIpc) is 2.39. The highest BCUT2D eigenvalue weighted by Crippen LogP contribution is 2.31. The molecule has 0 radical (unpaired) electrons. The lowest BCUT2D eigenvalue weighted by Crippen LogP contribution is -2.47. The summed E-state index contributed by atoms with van der Waals surface area (Å²) in [4.78, 5) is -0.0660. The fourth-order valence-electron chi connectivity index (χ4n) is 1.31. The van der Waals surface area contributed by atoms with Gasteiger partial charge in [-0.25, -0.2) is 0 Å². The number of methoxy groups -OCH3 is 2. The van der Waals surface area contributed by atoms with Crippen molar-refractivity contribution >= 4 is 11.8 Å². The summed E-state index contributed by atoms with van der Waals surface area (Å²) in [6.45, 7) is 3.13. The molecule has 4 heteroatoms. The van der Waals surface area contributed by atoms with Gasteiger partial charge in [-0.1, -0.05) is 0 Å². The molecule has 1 aliphatic heterocycles. The van der Waals surface area contributed by atoms with Crippen molar-refractivity contribution in [3.63, 3.8) is 0 Å². The summed E-state index contributed by atoms with van der Waals surface area (Å²) < 4.78 is 10.4. The Morgan fingerprint density at radius 1 is 1.45 bits per heavy atom. The summed E-state index contributed by atoms with van der Waals surface area (Å²) in [6, 6.07) is 0. The second-order valence-electron chi connectivity index (χ2n) is 2.69. The van der Waals surface area contributed by atoms with Gasteiger partial charge >= 0.3 is 0 Å². The van der Waals surface area contributed by atoms with E-state index in [9.17, 15) is 0 Å². The molecule has 0 aromatic carbocycles. The lowest BCUT2D eigenvalue weighted by molar-refractivity contribution is -0.126. The van der Waals surface area contributed by atoms with Crippen molar-refractivity contribution in [1.29, 1.82) is 0 Å². The molecule has 1 fully saturated rings. The van der Waals surface area contributed by atoms with E-state index in [0.29, 0.717) is 0 Å². The second kappa shape index (κ2) is 3.76. The second-order valence-corrected chi connectivity index (χ2v) is 4.23. The molecular weight excluding hydrogens is 162 g/mol. The zero-order valence-electron chi connectivity index (χ0n) is 7.22. The molecule has 1 N–H and O–H groups in total. The van der Waals surface area contributed by atoms with Gasteiger partial charge in [-0.3, -0.25) is 5.32 Å². The summed E-state index contributed by atoms with van der Waals surface area (Å²) in [5.74, 6) is 1.12. The van der Waals surface area contributed by atoms with E-state index in [1.807, 2.05) is 11.8 Å². The van der Waals surface area contributed by atoms with Crippen LogP contribution in [-0.4, -0.2) is 37.7 Å². The van der Waals surface area contributed by atoms with E-state index in [2.05, 4.69) is 12.2 Å². The minimum atomic E-state index is -0.157. The predicted octanol–water partition coefficient (Wildman–Crippen LogP) is 0.658. The van der Waals surface area contributed by atoms with Crippen molar-refractivity contribution in [2.45, 2.75) is 18.1 Å². The maximum Gasteiger partial charge on any atom is 0.184 e. The van der Waals surface area contributed by atoms with Crippen molar-refractivity contribution in [3.8, 4) is 0 Å². The fraction of sp³-hybridized carbons (Fsp3) is 1.00. The molecule has 66 valence electrons. The van der Waals surface area contributed by atoms with Gasteiger partial charge in [0.1, 0.15) is 4.87 Å². The highest BCUT2D eigenvalue weighted by atomic mass is 32.2. The third kappa shape index (κ3) is 1.87. The molecule has 1 heterocycles. The summed E-state index contributed by atoms with van der Waals surface area (Å²) in [6.07, 6.45) is -0.157. The average molecular weight is 177 g/mol. The number of thioether (sulfide) groups is 1. The van der Waals surface area contributed by atoms with Crippen molar-refractivity contribution < 1.29 is 9.47 Å². The Balaban J connectivity index is 2.53. The molecule has 3 nitrogen and oxygen atoms in total. The Hall–Kier alpha value is 0.230. The third-order valence-corrected chi connectivity index (χ3v) is 3.20. The Bertz CT molecular complexity index is 122. The normalized spacial score (nSPS) is 31.6. The van der Waals surface area contributed by atoms with Crippen LogP contribution in [0.15, 0.2) is 0 Å².